The lowest BCUT2D eigenvalue weighted by molar-refractivity contribution is 0.0638. The van der Waals surface area contributed by atoms with Gasteiger partial charge in [-0.1, -0.05) is 6.07 Å². The lowest BCUT2D eigenvalue weighted by atomic mass is 10.1. The van der Waals surface area contributed by atoms with Crippen LogP contribution in [0.4, 0.5) is 11.4 Å². The molecule has 244 valence electrons. The first kappa shape index (κ1) is 31.9. The lowest BCUT2D eigenvalue weighted by Crippen LogP contribution is -2.49. The minimum Gasteiger partial charge on any atom is -0.504 e. The van der Waals surface area contributed by atoms with E-state index >= 15 is 0 Å². The summed E-state index contributed by atoms with van der Waals surface area (Å²) in [6.07, 6.45) is 1.94. The number of aromatic nitrogens is 1. The Balaban J connectivity index is 1.00. The second-order valence-corrected chi connectivity index (χ2v) is 13.0. The van der Waals surface area contributed by atoms with Gasteiger partial charge in [-0.3, -0.25) is 9.69 Å². The average Bonchev–Trinajstić information content (AvgIpc) is 3.30. The number of piperazine rings is 2. The van der Waals surface area contributed by atoms with Crippen molar-refractivity contribution in [1.82, 2.24) is 24.2 Å². The number of anilines is 2. The van der Waals surface area contributed by atoms with E-state index in [9.17, 15) is 15.0 Å². The van der Waals surface area contributed by atoms with E-state index < -0.39 is 0 Å². The topological polar surface area (TPSA) is 87.5 Å². The van der Waals surface area contributed by atoms with Gasteiger partial charge in [-0.25, -0.2) is 0 Å². The van der Waals surface area contributed by atoms with Crippen molar-refractivity contribution >= 4 is 28.2 Å². The Labute approximate surface area is 272 Å². The van der Waals surface area contributed by atoms with E-state index in [1.54, 1.807) is 6.07 Å². The molecule has 4 aromatic rings. The van der Waals surface area contributed by atoms with Gasteiger partial charge in [0.15, 0.2) is 11.5 Å². The molecule has 0 bridgehead atoms. The summed E-state index contributed by atoms with van der Waals surface area (Å²) < 4.78 is 2.48. The monoisotopic (exact) mass is 624 g/mol. The highest BCUT2D eigenvalue weighted by Gasteiger charge is 2.22. The number of rotatable bonds is 10. The van der Waals surface area contributed by atoms with Crippen LogP contribution in [-0.4, -0.2) is 113 Å². The van der Waals surface area contributed by atoms with Crippen molar-refractivity contribution in [3.63, 3.8) is 0 Å². The van der Waals surface area contributed by atoms with Crippen LogP contribution in [0, 0.1) is 13.8 Å². The molecule has 2 fully saturated rings. The van der Waals surface area contributed by atoms with Gasteiger partial charge >= 0.3 is 0 Å². The number of likely N-dealkylation sites (N-methyl/N-ethyl adjacent to an activating group) is 1. The van der Waals surface area contributed by atoms with Crippen LogP contribution in [0.5, 0.6) is 11.5 Å². The zero-order valence-electron chi connectivity index (χ0n) is 27.5. The first-order valence-corrected chi connectivity index (χ1v) is 16.6. The summed E-state index contributed by atoms with van der Waals surface area (Å²) in [7, 11) is 2.21. The molecule has 0 unspecified atom stereocenters. The predicted octanol–water partition coefficient (Wildman–Crippen LogP) is 5.05. The number of amides is 1. The Kier molecular flexibility index (Phi) is 9.82. The van der Waals surface area contributed by atoms with Crippen LogP contribution < -0.4 is 5.32 Å². The SMILES string of the molecule is Cc1c(C)n(CCCN2CCN(C)CC2)c2ccc(Nc3ccc(C(=O)N4CCN(CCc5ccc(O)c(O)c5)CC4)cc3)cc12. The number of phenols is 2. The molecule has 2 aliphatic heterocycles. The summed E-state index contributed by atoms with van der Waals surface area (Å²) >= 11 is 0. The third-order valence-electron chi connectivity index (χ3n) is 9.93. The number of nitrogens with zero attached hydrogens (tertiary/aromatic N) is 5. The van der Waals surface area contributed by atoms with E-state index in [-0.39, 0.29) is 17.4 Å². The van der Waals surface area contributed by atoms with Gasteiger partial charge in [-0.2, -0.15) is 0 Å². The van der Waals surface area contributed by atoms with Crippen molar-refractivity contribution in [1.29, 1.82) is 0 Å². The molecule has 1 aromatic heterocycles. The van der Waals surface area contributed by atoms with Gasteiger partial charge < -0.3 is 34.8 Å². The Morgan fingerprint density at radius 2 is 1.41 bits per heavy atom. The van der Waals surface area contributed by atoms with Gasteiger partial charge in [0.2, 0.25) is 0 Å². The second kappa shape index (κ2) is 14.2. The maximum Gasteiger partial charge on any atom is 0.253 e. The number of carbonyl (C=O) groups excluding carboxylic acids is 1. The van der Waals surface area contributed by atoms with Crippen LogP contribution in [0.3, 0.4) is 0 Å². The van der Waals surface area contributed by atoms with Crippen molar-refractivity contribution in [3.05, 3.63) is 83.0 Å². The van der Waals surface area contributed by atoms with E-state index in [0.29, 0.717) is 18.7 Å². The molecule has 0 atom stereocenters. The van der Waals surface area contributed by atoms with Crippen molar-refractivity contribution in [2.24, 2.45) is 0 Å². The van der Waals surface area contributed by atoms with E-state index in [1.165, 1.54) is 41.3 Å². The fourth-order valence-electron chi connectivity index (χ4n) is 6.77. The van der Waals surface area contributed by atoms with Crippen molar-refractivity contribution in [2.75, 3.05) is 77.8 Å². The lowest BCUT2D eigenvalue weighted by Gasteiger charge is -2.34. The highest BCUT2D eigenvalue weighted by atomic mass is 16.3. The summed E-state index contributed by atoms with van der Waals surface area (Å²) in [5.41, 5.74) is 7.66. The van der Waals surface area contributed by atoms with Gasteiger partial charge in [-0.05, 0) is 106 Å². The molecular formula is C37H48N6O3. The van der Waals surface area contributed by atoms with Gasteiger partial charge in [0.1, 0.15) is 0 Å². The zero-order valence-corrected chi connectivity index (χ0v) is 27.5. The molecule has 3 heterocycles. The molecule has 0 aliphatic carbocycles. The number of hydrogen-bond acceptors (Lipinski definition) is 7. The molecule has 0 spiro atoms. The standard InChI is InChI=1S/C37H48N6O3/c1-27-28(2)43(15-4-14-40-19-17-39(3)18-20-40)34-11-10-32(26-33(27)34)38-31-8-6-30(7-9-31)37(46)42-23-21-41(22-24-42)16-13-29-5-12-35(44)36(45)25-29/h5-12,25-26,38,44-45H,4,13-24H2,1-3H3. The van der Waals surface area contributed by atoms with Gasteiger partial charge in [0.25, 0.3) is 5.91 Å². The van der Waals surface area contributed by atoms with Crippen LogP contribution in [-0.2, 0) is 13.0 Å². The van der Waals surface area contributed by atoms with Crippen LogP contribution in [0.1, 0.15) is 33.6 Å². The second-order valence-electron chi connectivity index (χ2n) is 13.0. The molecule has 9 nitrogen and oxygen atoms in total. The Bertz CT molecular complexity index is 1650. The summed E-state index contributed by atoms with van der Waals surface area (Å²) in [5.74, 6) is -0.117. The van der Waals surface area contributed by atoms with Crippen molar-refractivity contribution < 1.29 is 15.0 Å². The van der Waals surface area contributed by atoms with Crippen LogP contribution in [0.25, 0.3) is 10.9 Å². The van der Waals surface area contributed by atoms with Gasteiger partial charge in [0.05, 0.1) is 0 Å². The number of hydrogen-bond donors (Lipinski definition) is 3. The van der Waals surface area contributed by atoms with E-state index in [1.807, 2.05) is 35.2 Å². The number of aromatic hydroxyl groups is 2. The fraction of sp³-hybridized carbons (Fsp3) is 0.432. The predicted molar refractivity (Wildman–Crippen MR) is 186 cm³/mol. The third kappa shape index (κ3) is 7.33. The summed E-state index contributed by atoms with van der Waals surface area (Å²) in [6.45, 7) is 15.1. The molecule has 0 saturated carbocycles. The van der Waals surface area contributed by atoms with E-state index in [0.717, 1.165) is 75.6 Å². The van der Waals surface area contributed by atoms with Crippen molar-refractivity contribution in [2.45, 2.75) is 33.2 Å². The maximum absolute atomic E-state index is 13.2. The van der Waals surface area contributed by atoms with E-state index in [2.05, 4.69) is 63.7 Å². The zero-order chi connectivity index (χ0) is 32.2. The molecule has 9 heteroatoms. The van der Waals surface area contributed by atoms with Crippen LogP contribution in [0.2, 0.25) is 0 Å². The fourth-order valence-corrected chi connectivity index (χ4v) is 6.77. The Hall–Kier alpha value is -4.05. The van der Waals surface area contributed by atoms with Gasteiger partial charge in [-0.15, -0.1) is 0 Å². The van der Waals surface area contributed by atoms with Gasteiger partial charge in [0, 0.05) is 99.0 Å². The Morgan fingerprint density at radius 3 is 2.13 bits per heavy atom. The molecule has 2 aliphatic rings. The largest absolute Gasteiger partial charge is 0.504 e. The number of carbonyl (C=O) groups is 1. The number of nitrogens with one attached hydrogen (secondary N) is 1. The maximum atomic E-state index is 13.2. The number of fused-ring (bicyclic) bond motifs is 1. The molecule has 3 N–H and O–H groups in total. The molecule has 46 heavy (non-hydrogen) atoms. The molecule has 0 radical (unpaired) electrons. The average molecular weight is 625 g/mol. The molecule has 6 rings (SSSR count). The highest BCUT2D eigenvalue weighted by Crippen LogP contribution is 2.30. The molecular weight excluding hydrogens is 576 g/mol. The normalized spacial score (nSPS) is 16.7. The quantitative estimate of drug-likeness (QED) is 0.213. The number of phenolic OH excluding ortho intramolecular Hbond substituents is 2. The van der Waals surface area contributed by atoms with Crippen molar-refractivity contribution in [3.8, 4) is 11.5 Å². The summed E-state index contributed by atoms with van der Waals surface area (Å²) in [4.78, 5) is 22.5. The smallest absolute Gasteiger partial charge is 0.253 e. The van der Waals surface area contributed by atoms with Crippen LogP contribution >= 0.6 is 0 Å². The van der Waals surface area contributed by atoms with E-state index in [4.69, 9.17) is 0 Å². The molecule has 1 amide bonds. The first-order valence-electron chi connectivity index (χ1n) is 16.6. The first-order chi connectivity index (χ1) is 22.2. The minimum absolute atomic E-state index is 0.0659. The Morgan fingerprint density at radius 1 is 0.739 bits per heavy atom. The number of aryl methyl sites for hydroxylation is 2. The highest BCUT2D eigenvalue weighted by molar-refractivity contribution is 5.95. The summed E-state index contributed by atoms with van der Waals surface area (Å²) in [5, 5.41) is 24.1. The third-order valence-corrected chi connectivity index (χ3v) is 9.93. The molecule has 3 aromatic carbocycles. The van der Waals surface area contributed by atoms with Crippen LogP contribution in [0.15, 0.2) is 60.7 Å². The molecule has 2 saturated heterocycles. The number of benzene rings is 3. The minimum atomic E-state index is -0.0973. The summed E-state index contributed by atoms with van der Waals surface area (Å²) in [6, 6.07) is 19.4.